The number of carbonyl (C=O) groups is 2. The predicted octanol–water partition coefficient (Wildman–Crippen LogP) is 1.83. The van der Waals surface area contributed by atoms with Crippen molar-refractivity contribution in [2.45, 2.75) is 6.92 Å². The largest absolute Gasteiger partial charge is 0.319 e. The summed E-state index contributed by atoms with van der Waals surface area (Å²) in [5.41, 5.74) is 1.20. The lowest BCUT2D eigenvalue weighted by Crippen LogP contribution is -2.36. The third-order valence-electron chi connectivity index (χ3n) is 3.00. The van der Waals surface area contributed by atoms with Gasteiger partial charge in [-0.05, 0) is 47.6 Å². The number of hydrogen-bond donors (Lipinski definition) is 1. The van der Waals surface area contributed by atoms with E-state index in [1.54, 1.807) is 11.0 Å². The van der Waals surface area contributed by atoms with Crippen LogP contribution in [-0.2, 0) is 4.79 Å². The smallest absolute Gasteiger partial charge is 0.299 e. The summed E-state index contributed by atoms with van der Waals surface area (Å²) < 4.78 is 0.683. The van der Waals surface area contributed by atoms with Gasteiger partial charge in [0.15, 0.2) is 0 Å². The molecule has 0 spiro atoms. The molecule has 1 N–H and O–H groups in total. The zero-order valence-corrected chi connectivity index (χ0v) is 12.0. The average molecular weight is 311 g/mol. The fourth-order valence-electron chi connectivity index (χ4n) is 2.21. The molecule has 0 aromatic heterocycles. The van der Waals surface area contributed by atoms with Gasteiger partial charge in [0.05, 0.1) is 11.3 Å². The van der Waals surface area contributed by atoms with Crippen LogP contribution in [0.4, 0.5) is 5.69 Å². The molecule has 2 rings (SSSR count). The standard InChI is InChI=1S/C13H15BrN2O2/c1-8(6-15-2)7-16-10-5-3-4-9(14)11(10)12(17)13(16)18/h3-5,8,15H,6-7H2,1-2H3. The van der Waals surface area contributed by atoms with Crippen LogP contribution in [0.5, 0.6) is 0 Å². The summed E-state index contributed by atoms with van der Waals surface area (Å²) in [5.74, 6) is -0.564. The number of halogens is 1. The molecule has 1 atom stereocenters. The van der Waals surface area contributed by atoms with E-state index in [-0.39, 0.29) is 5.92 Å². The molecular weight excluding hydrogens is 296 g/mol. The highest BCUT2D eigenvalue weighted by Gasteiger charge is 2.37. The van der Waals surface area contributed by atoms with Crippen LogP contribution in [0.3, 0.4) is 0 Å². The van der Waals surface area contributed by atoms with Crippen molar-refractivity contribution in [1.29, 1.82) is 0 Å². The second kappa shape index (κ2) is 5.20. The van der Waals surface area contributed by atoms with E-state index in [1.807, 2.05) is 26.1 Å². The van der Waals surface area contributed by atoms with Gasteiger partial charge in [0.1, 0.15) is 0 Å². The van der Waals surface area contributed by atoms with Crippen LogP contribution in [0, 0.1) is 5.92 Å². The molecule has 4 nitrogen and oxygen atoms in total. The fraction of sp³-hybridized carbons (Fsp3) is 0.385. The Bertz CT molecular complexity index is 502. The second-order valence-electron chi connectivity index (χ2n) is 4.54. The molecule has 1 aliphatic rings. The minimum atomic E-state index is -0.431. The molecule has 0 saturated carbocycles. The number of anilines is 1. The Hall–Kier alpha value is -1.20. The molecule has 0 bridgehead atoms. The average Bonchev–Trinajstić information content (AvgIpc) is 2.56. The lowest BCUT2D eigenvalue weighted by atomic mass is 10.1. The van der Waals surface area contributed by atoms with E-state index in [4.69, 9.17) is 0 Å². The minimum absolute atomic E-state index is 0.289. The van der Waals surface area contributed by atoms with Gasteiger partial charge in [-0.3, -0.25) is 9.59 Å². The summed E-state index contributed by atoms with van der Waals surface area (Å²) in [7, 11) is 1.87. The van der Waals surface area contributed by atoms with E-state index < -0.39 is 11.7 Å². The second-order valence-corrected chi connectivity index (χ2v) is 5.40. The maximum atomic E-state index is 12.0. The molecule has 0 fully saturated rings. The van der Waals surface area contributed by atoms with Gasteiger partial charge in [0.25, 0.3) is 11.7 Å². The summed E-state index contributed by atoms with van der Waals surface area (Å²) >= 11 is 3.33. The molecule has 1 aromatic carbocycles. The molecule has 1 aromatic rings. The zero-order valence-electron chi connectivity index (χ0n) is 10.4. The first-order valence-corrected chi connectivity index (χ1v) is 6.65. The molecule has 0 saturated heterocycles. The van der Waals surface area contributed by atoms with Gasteiger partial charge >= 0.3 is 0 Å². The first kappa shape index (κ1) is 13.2. The number of ketones is 1. The van der Waals surface area contributed by atoms with Crippen molar-refractivity contribution in [2.24, 2.45) is 5.92 Å². The van der Waals surface area contributed by atoms with Gasteiger partial charge in [0.2, 0.25) is 0 Å². The Kier molecular flexibility index (Phi) is 3.82. The summed E-state index contributed by atoms with van der Waals surface area (Å²) in [4.78, 5) is 25.5. The lowest BCUT2D eigenvalue weighted by Gasteiger charge is -2.21. The molecule has 0 aliphatic carbocycles. The fourth-order valence-corrected chi connectivity index (χ4v) is 2.74. The Morgan fingerprint density at radius 3 is 2.78 bits per heavy atom. The monoisotopic (exact) mass is 310 g/mol. The van der Waals surface area contributed by atoms with Crippen LogP contribution in [0.25, 0.3) is 0 Å². The van der Waals surface area contributed by atoms with Crippen LogP contribution in [0.15, 0.2) is 22.7 Å². The Labute approximate surface area is 114 Å². The molecule has 1 unspecified atom stereocenters. The van der Waals surface area contributed by atoms with Crippen LogP contribution < -0.4 is 10.2 Å². The van der Waals surface area contributed by atoms with E-state index >= 15 is 0 Å². The topological polar surface area (TPSA) is 49.4 Å². The number of nitrogens with one attached hydrogen (secondary N) is 1. The quantitative estimate of drug-likeness (QED) is 0.863. The third kappa shape index (κ3) is 2.20. The summed E-state index contributed by atoms with van der Waals surface area (Å²) in [5, 5.41) is 3.07. The normalized spacial score (nSPS) is 16.1. The third-order valence-corrected chi connectivity index (χ3v) is 3.66. The molecule has 1 aliphatic heterocycles. The van der Waals surface area contributed by atoms with Gasteiger partial charge in [0, 0.05) is 11.0 Å². The first-order valence-electron chi connectivity index (χ1n) is 5.85. The van der Waals surface area contributed by atoms with Gasteiger partial charge in [-0.1, -0.05) is 13.0 Å². The maximum absolute atomic E-state index is 12.0. The van der Waals surface area contributed by atoms with E-state index in [2.05, 4.69) is 21.2 Å². The predicted molar refractivity (Wildman–Crippen MR) is 73.9 cm³/mol. The number of fused-ring (bicyclic) bond motifs is 1. The van der Waals surface area contributed by atoms with E-state index in [0.717, 1.165) is 6.54 Å². The van der Waals surface area contributed by atoms with Crippen molar-refractivity contribution >= 4 is 33.3 Å². The molecule has 0 radical (unpaired) electrons. The van der Waals surface area contributed by atoms with Crippen molar-refractivity contribution in [2.75, 3.05) is 25.0 Å². The molecule has 18 heavy (non-hydrogen) atoms. The first-order chi connectivity index (χ1) is 8.56. The Morgan fingerprint density at radius 2 is 2.11 bits per heavy atom. The molecule has 1 heterocycles. The molecular formula is C13H15BrN2O2. The minimum Gasteiger partial charge on any atom is -0.319 e. The number of rotatable bonds is 4. The number of hydrogen-bond acceptors (Lipinski definition) is 3. The van der Waals surface area contributed by atoms with Crippen molar-refractivity contribution < 1.29 is 9.59 Å². The van der Waals surface area contributed by atoms with E-state index in [9.17, 15) is 9.59 Å². The Morgan fingerprint density at radius 1 is 1.39 bits per heavy atom. The highest BCUT2D eigenvalue weighted by Crippen LogP contribution is 2.34. The van der Waals surface area contributed by atoms with E-state index in [0.29, 0.717) is 22.3 Å². The van der Waals surface area contributed by atoms with Crippen LogP contribution in [-0.4, -0.2) is 31.8 Å². The van der Waals surface area contributed by atoms with E-state index in [1.165, 1.54) is 0 Å². The Balaban J connectivity index is 2.32. The number of carbonyl (C=O) groups excluding carboxylic acids is 2. The number of nitrogens with zero attached hydrogens (tertiary/aromatic N) is 1. The summed E-state index contributed by atoms with van der Waals surface area (Å²) in [6.07, 6.45) is 0. The highest BCUT2D eigenvalue weighted by atomic mass is 79.9. The molecule has 5 heteroatoms. The van der Waals surface area contributed by atoms with Crippen LogP contribution in [0.2, 0.25) is 0 Å². The number of amides is 1. The van der Waals surface area contributed by atoms with Crippen molar-refractivity contribution in [3.8, 4) is 0 Å². The molecule has 96 valence electrons. The number of benzene rings is 1. The molecule has 1 amide bonds. The summed E-state index contributed by atoms with van der Waals surface area (Å²) in [6.45, 7) is 3.40. The lowest BCUT2D eigenvalue weighted by molar-refractivity contribution is -0.114. The number of Topliss-reactive ketones (excluding diaryl/α,β-unsaturated/α-hetero) is 1. The van der Waals surface area contributed by atoms with Crippen molar-refractivity contribution in [3.05, 3.63) is 28.2 Å². The summed E-state index contributed by atoms with van der Waals surface area (Å²) in [6, 6.07) is 5.43. The van der Waals surface area contributed by atoms with Gasteiger partial charge in [-0.15, -0.1) is 0 Å². The zero-order chi connectivity index (χ0) is 13.3. The maximum Gasteiger partial charge on any atom is 0.299 e. The van der Waals surface area contributed by atoms with Gasteiger partial charge in [-0.2, -0.15) is 0 Å². The van der Waals surface area contributed by atoms with Crippen molar-refractivity contribution in [1.82, 2.24) is 5.32 Å². The van der Waals surface area contributed by atoms with Gasteiger partial charge in [-0.25, -0.2) is 0 Å². The van der Waals surface area contributed by atoms with Crippen molar-refractivity contribution in [3.63, 3.8) is 0 Å². The van der Waals surface area contributed by atoms with Gasteiger partial charge < -0.3 is 10.2 Å². The van der Waals surface area contributed by atoms with Crippen LogP contribution in [0.1, 0.15) is 17.3 Å². The van der Waals surface area contributed by atoms with Crippen LogP contribution >= 0.6 is 15.9 Å². The highest BCUT2D eigenvalue weighted by molar-refractivity contribution is 9.10. The SMILES string of the molecule is CNCC(C)CN1C(=O)C(=O)c2c(Br)cccc21.